The summed E-state index contributed by atoms with van der Waals surface area (Å²) < 4.78 is 0. The minimum atomic E-state index is 0. The molecule has 0 bridgehead atoms. The molecule has 35 valence electrons. The van der Waals surface area contributed by atoms with Gasteiger partial charge in [-0.05, 0) is 0 Å². The molecule has 0 aromatic rings. The molecule has 0 aliphatic rings. The van der Waals surface area contributed by atoms with E-state index < -0.39 is 0 Å². The van der Waals surface area contributed by atoms with Crippen molar-refractivity contribution in [2.45, 2.75) is 0 Å². The van der Waals surface area contributed by atoms with Gasteiger partial charge in [0.1, 0.15) is 0 Å². The van der Waals surface area contributed by atoms with Gasteiger partial charge < -0.3 is 18.8 Å². The predicted molar refractivity (Wildman–Crippen MR) is 0 cm³/mol. The van der Waals surface area contributed by atoms with Crippen LogP contribution in [0.4, 0.5) is 0 Å². The van der Waals surface area contributed by atoms with Crippen LogP contribution in [0.15, 0.2) is 0 Å². The molecule has 0 saturated heterocycles. The second-order valence-electron chi connectivity index (χ2n) is 0. The van der Waals surface area contributed by atoms with Gasteiger partial charge in [-0.2, -0.15) is 0 Å². The molecule has 0 unspecified atom stereocenters. The Morgan fingerprint density at radius 1 is 0.400 bits per heavy atom. The number of halogens is 4. The summed E-state index contributed by atoms with van der Waals surface area (Å²) in [5, 5.41) is 0. The average Bonchev–Trinajstić information content (AvgIpc) is 0. The van der Waals surface area contributed by atoms with Crippen LogP contribution >= 0.6 is 0 Å². The number of hydrogen-bond donors (Lipinski definition) is 0. The molecule has 0 saturated carbocycles. The number of hydrogen-bond acceptors (Lipinski definition) is 0. The van der Waals surface area contributed by atoms with Gasteiger partial charge in [0.15, 0.2) is 0 Å². The van der Waals surface area contributed by atoms with E-state index in [1.807, 2.05) is 0 Å². The molecule has 0 aromatic carbocycles. The van der Waals surface area contributed by atoms with Crippen LogP contribution in [0.2, 0.25) is 0 Å². The molecule has 0 nitrogen and oxygen atoms in total. The summed E-state index contributed by atoms with van der Waals surface area (Å²) in [6, 6.07) is 0. The zero-order chi connectivity index (χ0) is 0. The van der Waals surface area contributed by atoms with Crippen molar-refractivity contribution in [3.63, 3.8) is 0 Å². The molecule has 0 rings (SSSR count). The van der Waals surface area contributed by atoms with Crippen LogP contribution in [-0.2, 0) is 0 Å². The van der Waals surface area contributed by atoms with Crippen molar-refractivity contribution in [2.24, 2.45) is 0 Å². The largest absolute Gasteiger partial charge is 1.00 e. The van der Waals surface area contributed by atoms with E-state index in [0.29, 0.717) is 0 Å². The Balaban J connectivity index is 0. The summed E-state index contributed by atoms with van der Waals surface area (Å²) >= 11 is 0. The standard InChI is InChI=1S/4FH.Pa/h4*1H;/p-4. The van der Waals surface area contributed by atoms with E-state index in [9.17, 15) is 0 Å². The molecule has 0 aromatic heterocycles. The van der Waals surface area contributed by atoms with Gasteiger partial charge in [0.05, 0.1) is 0 Å². The minimum absolute atomic E-state index is 0. The Kier molecular flexibility index (Phi) is 4350. The summed E-state index contributed by atoms with van der Waals surface area (Å²) in [5.41, 5.74) is 0. The van der Waals surface area contributed by atoms with E-state index in [2.05, 4.69) is 0 Å². The Morgan fingerprint density at radius 2 is 0.400 bits per heavy atom. The number of rotatable bonds is 0. The van der Waals surface area contributed by atoms with Crippen molar-refractivity contribution in [3.8, 4) is 0 Å². The second kappa shape index (κ2) is 106. The summed E-state index contributed by atoms with van der Waals surface area (Å²) in [7, 11) is 0. The van der Waals surface area contributed by atoms with Crippen LogP contribution < -0.4 is 18.8 Å². The third-order valence-electron chi connectivity index (χ3n) is 0. The molecule has 0 aliphatic heterocycles. The third kappa shape index (κ3) is 57.8. The normalized spacial score (nSPS) is 0. The smallest absolute Gasteiger partial charge is 0 e. The van der Waals surface area contributed by atoms with Crippen molar-refractivity contribution in [1.82, 2.24) is 0 Å². The Morgan fingerprint density at radius 3 is 0.400 bits per heavy atom. The molecule has 1 radical (unpaired) electrons. The second-order valence-corrected chi connectivity index (χ2v) is 0. The van der Waals surface area contributed by atoms with Crippen molar-refractivity contribution >= 4 is 0 Å². The SMILES string of the molecule is [F-].[F-].[F-].[F-].[Pa]. The van der Waals surface area contributed by atoms with Crippen LogP contribution in [0.5, 0.6) is 0 Å². The molecular formula is F4Pa-4. The fraction of sp³-hybridized carbons (Fsp3) is 0. The van der Waals surface area contributed by atoms with Gasteiger partial charge in [0, 0.05) is 32.3 Å². The molecule has 0 N–H and O–H groups in total. The average molecular weight is 307 g/mol. The van der Waals surface area contributed by atoms with E-state index >= 15 is 0 Å². The van der Waals surface area contributed by atoms with Crippen molar-refractivity contribution in [2.75, 3.05) is 0 Å². The first-order valence-corrected chi connectivity index (χ1v) is 0. The van der Waals surface area contributed by atoms with E-state index in [1.165, 1.54) is 0 Å². The molecule has 5 heteroatoms. The first-order chi connectivity index (χ1) is 0. The fourth-order valence-corrected chi connectivity index (χ4v) is 0. The first kappa shape index (κ1) is 205. The van der Waals surface area contributed by atoms with E-state index in [-0.39, 0.29) is 51.1 Å². The van der Waals surface area contributed by atoms with E-state index in [1.54, 1.807) is 0 Å². The predicted octanol–water partition coefficient (Wildman–Crippen LogP) is -12.0. The van der Waals surface area contributed by atoms with Gasteiger partial charge in [0.2, 0.25) is 0 Å². The monoisotopic (exact) mass is 307 g/mol. The molecule has 5 heavy (non-hydrogen) atoms. The topological polar surface area (TPSA) is 0 Å². The third-order valence-corrected chi connectivity index (χ3v) is 0. The van der Waals surface area contributed by atoms with Gasteiger partial charge in [-0.15, -0.1) is 0 Å². The maximum absolute atomic E-state index is 0. The van der Waals surface area contributed by atoms with Gasteiger partial charge in [0.25, 0.3) is 0 Å². The molecule has 0 fully saturated rings. The van der Waals surface area contributed by atoms with Crippen LogP contribution in [0, 0.1) is 32.3 Å². The van der Waals surface area contributed by atoms with Crippen LogP contribution in [0.1, 0.15) is 0 Å². The fourth-order valence-electron chi connectivity index (χ4n) is 0. The zero-order valence-electron chi connectivity index (χ0n) is 2.09. The van der Waals surface area contributed by atoms with Crippen LogP contribution in [0.3, 0.4) is 0 Å². The summed E-state index contributed by atoms with van der Waals surface area (Å²) in [5.74, 6) is 0. The van der Waals surface area contributed by atoms with Gasteiger partial charge >= 0.3 is 0 Å². The van der Waals surface area contributed by atoms with E-state index in [0.717, 1.165) is 0 Å². The minimum Gasteiger partial charge on any atom is -1.00 e. The van der Waals surface area contributed by atoms with E-state index in [4.69, 9.17) is 0 Å². The van der Waals surface area contributed by atoms with Crippen LogP contribution in [0.25, 0.3) is 0 Å². The summed E-state index contributed by atoms with van der Waals surface area (Å²) in [4.78, 5) is 0. The van der Waals surface area contributed by atoms with Gasteiger partial charge in [-0.25, -0.2) is 0 Å². The molecule has 0 amide bonds. The summed E-state index contributed by atoms with van der Waals surface area (Å²) in [6.45, 7) is 0. The molecular weight excluding hydrogens is 307 g/mol. The maximum atomic E-state index is 0. The Hall–Kier alpha value is 0.811. The van der Waals surface area contributed by atoms with Gasteiger partial charge in [-0.3, -0.25) is 0 Å². The Labute approximate surface area is 51.3 Å². The molecule has 0 atom stereocenters. The first-order valence-electron chi connectivity index (χ1n) is 0. The molecule has 0 aliphatic carbocycles. The Bertz CT molecular complexity index is 3.61. The molecule has 0 spiro atoms. The maximum Gasteiger partial charge on any atom is 0 e. The molecule has 0 heterocycles. The quantitative estimate of drug-likeness (QED) is 0.390. The van der Waals surface area contributed by atoms with Crippen molar-refractivity contribution < 1.29 is 51.1 Å². The van der Waals surface area contributed by atoms with Crippen molar-refractivity contribution in [3.05, 3.63) is 0 Å². The van der Waals surface area contributed by atoms with Crippen LogP contribution in [-0.4, -0.2) is 0 Å². The van der Waals surface area contributed by atoms with Gasteiger partial charge in [-0.1, -0.05) is 0 Å². The zero-order valence-corrected chi connectivity index (χ0v) is 6.90. The summed E-state index contributed by atoms with van der Waals surface area (Å²) in [6.07, 6.45) is 0. The van der Waals surface area contributed by atoms with Crippen molar-refractivity contribution in [1.29, 1.82) is 0 Å².